The molecule has 0 aliphatic carbocycles. The molecule has 0 unspecified atom stereocenters. The molecule has 0 amide bonds. The molecule has 18 heavy (non-hydrogen) atoms. The largest absolute Gasteiger partial charge is 0.486 e. The van der Waals surface area contributed by atoms with Crippen molar-refractivity contribution in [2.24, 2.45) is 0 Å². The minimum atomic E-state index is -0.851. The van der Waals surface area contributed by atoms with Crippen molar-refractivity contribution in [2.75, 3.05) is 0 Å². The maximum absolute atomic E-state index is 9.83. The summed E-state index contributed by atoms with van der Waals surface area (Å²) in [5, 5.41) is 11.3. The fourth-order valence-corrected chi connectivity index (χ4v) is 2.29. The van der Waals surface area contributed by atoms with Crippen LogP contribution in [0.3, 0.4) is 0 Å². The molecule has 0 saturated heterocycles. The minimum absolute atomic E-state index is 0.391. The van der Waals surface area contributed by atoms with Crippen LogP contribution in [0, 0.1) is 0 Å². The third-order valence-electron chi connectivity index (χ3n) is 2.33. The summed E-state index contributed by atoms with van der Waals surface area (Å²) in [6.45, 7) is 3.87. The van der Waals surface area contributed by atoms with Gasteiger partial charge in [-0.05, 0) is 38.1 Å². The van der Waals surface area contributed by atoms with Crippen LogP contribution < -0.4 is 4.74 Å². The van der Waals surface area contributed by atoms with E-state index in [1.54, 1.807) is 32.2 Å². The van der Waals surface area contributed by atoms with Crippen molar-refractivity contribution < 1.29 is 9.84 Å². The van der Waals surface area contributed by atoms with Gasteiger partial charge in [0.1, 0.15) is 17.4 Å². The topological polar surface area (TPSA) is 42.4 Å². The summed E-state index contributed by atoms with van der Waals surface area (Å²) in [4.78, 5) is 5.05. The van der Waals surface area contributed by atoms with Crippen molar-refractivity contribution in [3.05, 3.63) is 45.4 Å². The Morgan fingerprint density at radius 2 is 2.00 bits per heavy atom. The highest BCUT2D eigenvalue weighted by molar-refractivity contribution is 7.11. The van der Waals surface area contributed by atoms with Gasteiger partial charge in [0.2, 0.25) is 0 Å². The van der Waals surface area contributed by atoms with E-state index in [1.165, 1.54) is 11.3 Å². The van der Waals surface area contributed by atoms with Crippen LogP contribution in [-0.2, 0) is 12.2 Å². The average Bonchev–Trinajstić information content (AvgIpc) is 2.77. The molecule has 2 rings (SSSR count). The molecule has 0 spiro atoms. The highest BCUT2D eigenvalue weighted by Crippen LogP contribution is 2.26. The summed E-state index contributed by atoms with van der Waals surface area (Å²) in [6.07, 6.45) is 1.69. The summed E-state index contributed by atoms with van der Waals surface area (Å²) < 4.78 is 5.58. The van der Waals surface area contributed by atoms with Crippen molar-refractivity contribution in [1.82, 2.24) is 4.98 Å². The van der Waals surface area contributed by atoms with Crippen molar-refractivity contribution in [2.45, 2.75) is 26.1 Å². The molecule has 5 heteroatoms. The van der Waals surface area contributed by atoms with Crippen LogP contribution in [0.1, 0.15) is 23.7 Å². The number of thiazole rings is 1. The van der Waals surface area contributed by atoms with Gasteiger partial charge in [0, 0.05) is 11.2 Å². The Hall–Kier alpha value is -1.10. The number of aromatic nitrogens is 1. The predicted octanol–water partition coefficient (Wildman–Crippen LogP) is 3.60. The number of ether oxygens (including phenoxy) is 1. The van der Waals surface area contributed by atoms with E-state index >= 15 is 0 Å². The first kappa shape index (κ1) is 13.3. The van der Waals surface area contributed by atoms with Gasteiger partial charge in [-0.15, -0.1) is 11.3 Å². The minimum Gasteiger partial charge on any atom is -0.486 e. The second-order valence-corrected chi connectivity index (χ2v) is 5.97. The van der Waals surface area contributed by atoms with Crippen LogP contribution in [0.2, 0.25) is 5.02 Å². The zero-order valence-electron chi connectivity index (χ0n) is 10.2. The molecule has 0 saturated carbocycles. The SMILES string of the molecule is CC(C)(O)c1cnc(COc2ccc(Cl)cc2)s1. The van der Waals surface area contributed by atoms with Crippen molar-refractivity contribution in [3.8, 4) is 5.75 Å². The summed E-state index contributed by atoms with van der Waals surface area (Å²) in [5.74, 6) is 0.749. The lowest BCUT2D eigenvalue weighted by Gasteiger charge is -2.13. The Morgan fingerprint density at radius 1 is 1.33 bits per heavy atom. The molecule has 96 valence electrons. The van der Waals surface area contributed by atoms with E-state index in [9.17, 15) is 5.11 Å². The maximum atomic E-state index is 9.83. The molecule has 0 aliphatic rings. The number of halogens is 1. The molecule has 1 aromatic carbocycles. The van der Waals surface area contributed by atoms with Gasteiger partial charge in [0.05, 0.1) is 10.5 Å². The zero-order valence-corrected chi connectivity index (χ0v) is 11.8. The summed E-state index contributed by atoms with van der Waals surface area (Å²) in [7, 11) is 0. The Morgan fingerprint density at radius 3 is 2.56 bits per heavy atom. The third-order valence-corrected chi connectivity index (χ3v) is 3.87. The Balaban J connectivity index is 1.98. The first-order valence-electron chi connectivity index (χ1n) is 5.51. The molecule has 2 aromatic rings. The van der Waals surface area contributed by atoms with E-state index in [1.807, 2.05) is 12.1 Å². The predicted molar refractivity (Wildman–Crippen MR) is 73.1 cm³/mol. The quantitative estimate of drug-likeness (QED) is 0.932. The zero-order chi connectivity index (χ0) is 13.2. The van der Waals surface area contributed by atoms with Gasteiger partial charge in [-0.1, -0.05) is 11.6 Å². The van der Waals surface area contributed by atoms with Crippen molar-refractivity contribution in [3.63, 3.8) is 0 Å². The summed E-state index contributed by atoms with van der Waals surface area (Å²) >= 11 is 7.24. The van der Waals surface area contributed by atoms with E-state index in [4.69, 9.17) is 16.3 Å². The van der Waals surface area contributed by atoms with E-state index in [-0.39, 0.29) is 0 Å². The number of rotatable bonds is 4. The van der Waals surface area contributed by atoms with Crippen LogP contribution in [0.25, 0.3) is 0 Å². The number of benzene rings is 1. The number of hydrogen-bond acceptors (Lipinski definition) is 4. The van der Waals surface area contributed by atoms with Gasteiger partial charge in [0.15, 0.2) is 0 Å². The average molecular weight is 284 g/mol. The second-order valence-electron chi connectivity index (χ2n) is 4.42. The van der Waals surface area contributed by atoms with Crippen LogP contribution >= 0.6 is 22.9 Å². The molecular weight excluding hydrogens is 270 g/mol. The fraction of sp³-hybridized carbons (Fsp3) is 0.308. The number of nitrogens with zero attached hydrogens (tertiary/aromatic N) is 1. The second kappa shape index (κ2) is 5.26. The molecule has 0 aliphatic heterocycles. The van der Waals surface area contributed by atoms with Crippen LogP contribution in [0.15, 0.2) is 30.5 Å². The van der Waals surface area contributed by atoms with Gasteiger partial charge < -0.3 is 9.84 Å². The molecule has 1 N–H and O–H groups in total. The smallest absolute Gasteiger partial charge is 0.140 e. The van der Waals surface area contributed by atoms with Gasteiger partial charge in [-0.2, -0.15) is 0 Å². The number of hydrogen-bond donors (Lipinski definition) is 1. The lowest BCUT2D eigenvalue weighted by atomic mass is 10.1. The van der Waals surface area contributed by atoms with E-state index in [0.29, 0.717) is 11.6 Å². The van der Waals surface area contributed by atoms with Crippen molar-refractivity contribution >= 4 is 22.9 Å². The van der Waals surface area contributed by atoms with E-state index in [2.05, 4.69) is 4.98 Å². The molecule has 3 nitrogen and oxygen atoms in total. The molecule has 0 fully saturated rings. The Kier molecular flexibility index (Phi) is 3.90. The highest BCUT2D eigenvalue weighted by Gasteiger charge is 2.19. The standard InChI is InChI=1S/C13H14ClNO2S/c1-13(2,16)11-7-15-12(18-11)8-17-10-5-3-9(14)4-6-10/h3-7,16H,8H2,1-2H3. The lowest BCUT2D eigenvalue weighted by molar-refractivity contribution is 0.0823. The third kappa shape index (κ3) is 3.45. The number of aliphatic hydroxyl groups is 1. The first-order valence-corrected chi connectivity index (χ1v) is 6.70. The molecule has 0 radical (unpaired) electrons. The van der Waals surface area contributed by atoms with Gasteiger partial charge in [0.25, 0.3) is 0 Å². The van der Waals surface area contributed by atoms with Crippen LogP contribution in [0.5, 0.6) is 5.75 Å². The van der Waals surface area contributed by atoms with Crippen LogP contribution in [0.4, 0.5) is 0 Å². The Bertz CT molecular complexity index is 517. The monoisotopic (exact) mass is 283 g/mol. The van der Waals surface area contributed by atoms with Gasteiger partial charge >= 0.3 is 0 Å². The molecule has 0 atom stereocenters. The maximum Gasteiger partial charge on any atom is 0.140 e. The Labute approximate surface area is 115 Å². The molecule has 0 bridgehead atoms. The normalized spacial score (nSPS) is 11.6. The van der Waals surface area contributed by atoms with Gasteiger partial charge in [-0.3, -0.25) is 0 Å². The van der Waals surface area contributed by atoms with Crippen molar-refractivity contribution in [1.29, 1.82) is 0 Å². The summed E-state index contributed by atoms with van der Waals surface area (Å²) in [6, 6.07) is 7.18. The van der Waals surface area contributed by atoms with E-state index < -0.39 is 5.60 Å². The van der Waals surface area contributed by atoms with Gasteiger partial charge in [-0.25, -0.2) is 4.98 Å². The van der Waals surface area contributed by atoms with E-state index in [0.717, 1.165) is 15.6 Å². The van der Waals surface area contributed by atoms with Crippen LogP contribution in [-0.4, -0.2) is 10.1 Å². The highest BCUT2D eigenvalue weighted by atomic mass is 35.5. The molecule has 1 heterocycles. The fourth-order valence-electron chi connectivity index (χ4n) is 1.34. The molecule has 1 aromatic heterocycles. The lowest BCUT2D eigenvalue weighted by Crippen LogP contribution is -2.12. The summed E-state index contributed by atoms with van der Waals surface area (Å²) in [5.41, 5.74) is -0.851. The molecular formula is C13H14ClNO2S. The first-order chi connectivity index (χ1) is 8.45.